The molecular formula is C20H40N4O2. The minimum Gasteiger partial charge on any atom is -0.379 e. The van der Waals surface area contributed by atoms with Crippen LogP contribution < -0.4 is 10.6 Å². The van der Waals surface area contributed by atoms with Crippen molar-refractivity contribution in [3.63, 3.8) is 0 Å². The van der Waals surface area contributed by atoms with Crippen molar-refractivity contribution in [1.29, 1.82) is 0 Å². The van der Waals surface area contributed by atoms with Crippen molar-refractivity contribution < 1.29 is 9.47 Å². The first-order valence-electron chi connectivity index (χ1n) is 10.7. The van der Waals surface area contributed by atoms with E-state index in [1.807, 2.05) is 7.05 Å². The number of nitrogens with zero attached hydrogens (tertiary/aromatic N) is 2. The number of nitrogens with one attached hydrogen (secondary N) is 2. The third-order valence-electron chi connectivity index (χ3n) is 5.20. The fraction of sp³-hybridized carbons (Fsp3) is 0.950. The molecule has 2 heterocycles. The van der Waals surface area contributed by atoms with Gasteiger partial charge in [-0.15, -0.1) is 0 Å². The lowest BCUT2D eigenvalue weighted by atomic mass is 10.1. The second-order valence-corrected chi connectivity index (χ2v) is 7.45. The number of aliphatic imine (C=N–C) groups is 1. The molecular weight excluding hydrogens is 328 g/mol. The van der Waals surface area contributed by atoms with Crippen molar-refractivity contribution in [3.05, 3.63) is 0 Å². The van der Waals surface area contributed by atoms with Crippen molar-refractivity contribution in [2.75, 3.05) is 59.6 Å². The summed E-state index contributed by atoms with van der Waals surface area (Å²) in [5, 5.41) is 6.77. The highest BCUT2D eigenvalue weighted by molar-refractivity contribution is 5.79. The standard InChI is InChI=1S/C20H40N4O2/c1-21-20(23-12-9-16-25-18-19-10-8-17-26-19)22-11-4-2-5-13-24-14-6-3-7-15-24/h19H,2-18H2,1H3,(H2,21,22,23). The maximum Gasteiger partial charge on any atom is 0.190 e. The van der Waals surface area contributed by atoms with Gasteiger partial charge in [0, 0.05) is 33.4 Å². The molecule has 0 amide bonds. The van der Waals surface area contributed by atoms with Crippen LogP contribution in [0.4, 0.5) is 0 Å². The van der Waals surface area contributed by atoms with Gasteiger partial charge in [0.05, 0.1) is 12.7 Å². The number of piperidine rings is 1. The van der Waals surface area contributed by atoms with Gasteiger partial charge in [0.15, 0.2) is 5.96 Å². The molecule has 0 aliphatic carbocycles. The molecule has 0 aromatic rings. The van der Waals surface area contributed by atoms with E-state index < -0.39 is 0 Å². The van der Waals surface area contributed by atoms with Crippen LogP contribution in [0.15, 0.2) is 4.99 Å². The SMILES string of the molecule is CN=C(NCCCCCN1CCCCC1)NCCCOCC1CCCO1. The zero-order valence-electron chi connectivity index (χ0n) is 16.8. The van der Waals surface area contributed by atoms with Gasteiger partial charge in [0.25, 0.3) is 0 Å². The van der Waals surface area contributed by atoms with Crippen LogP contribution in [0.25, 0.3) is 0 Å². The lowest BCUT2D eigenvalue weighted by molar-refractivity contribution is 0.0168. The van der Waals surface area contributed by atoms with E-state index in [9.17, 15) is 0 Å². The average molecular weight is 369 g/mol. The molecule has 1 unspecified atom stereocenters. The lowest BCUT2D eigenvalue weighted by Crippen LogP contribution is -2.38. The Bertz CT molecular complexity index is 367. The molecule has 1 atom stereocenters. The third kappa shape index (κ3) is 9.74. The minimum absolute atomic E-state index is 0.326. The summed E-state index contributed by atoms with van der Waals surface area (Å²) >= 11 is 0. The van der Waals surface area contributed by atoms with Crippen LogP contribution in [0, 0.1) is 0 Å². The van der Waals surface area contributed by atoms with Crippen LogP contribution in [0.3, 0.4) is 0 Å². The Hall–Kier alpha value is -0.850. The second kappa shape index (κ2) is 14.2. The van der Waals surface area contributed by atoms with Crippen LogP contribution in [-0.4, -0.2) is 76.6 Å². The average Bonchev–Trinajstić information content (AvgIpc) is 3.19. The maximum atomic E-state index is 5.68. The highest BCUT2D eigenvalue weighted by Crippen LogP contribution is 2.12. The monoisotopic (exact) mass is 368 g/mol. The molecule has 0 radical (unpaired) electrons. The number of hydrogen-bond donors (Lipinski definition) is 2. The van der Waals surface area contributed by atoms with E-state index in [1.54, 1.807) is 0 Å². The van der Waals surface area contributed by atoms with Gasteiger partial charge in [0.1, 0.15) is 0 Å². The van der Waals surface area contributed by atoms with E-state index >= 15 is 0 Å². The van der Waals surface area contributed by atoms with Crippen molar-refractivity contribution in [3.8, 4) is 0 Å². The Morgan fingerprint density at radius 3 is 2.58 bits per heavy atom. The molecule has 26 heavy (non-hydrogen) atoms. The quantitative estimate of drug-likeness (QED) is 0.315. The van der Waals surface area contributed by atoms with E-state index in [-0.39, 0.29) is 0 Å². The molecule has 2 fully saturated rings. The normalized spacial score (nSPS) is 21.9. The highest BCUT2D eigenvalue weighted by atomic mass is 16.5. The molecule has 0 aromatic heterocycles. The summed E-state index contributed by atoms with van der Waals surface area (Å²) in [4.78, 5) is 6.91. The summed E-state index contributed by atoms with van der Waals surface area (Å²) in [5.74, 6) is 0.903. The number of likely N-dealkylation sites (tertiary alicyclic amines) is 1. The van der Waals surface area contributed by atoms with Gasteiger partial charge >= 0.3 is 0 Å². The lowest BCUT2D eigenvalue weighted by Gasteiger charge is -2.26. The third-order valence-corrected chi connectivity index (χ3v) is 5.20. The molecule has 152 valence electrons. The maximum absolute atomic E-state index is 5.68. The van der Waals surface area contributed by atoms with Gasteiger partial charge in [-0.05, 0) is 64.6 Å². The first-order valence-corrected chi connectivity index (χ1v) is 10.7. The summed E-state index contributed by atoms with van der Waals surface area (Å²) in [6, 6.07) is 0. The van der Waals surface area contributed by atoms with Crippen LogP contribution in [-0.2, 0) is 9.47 Å². The fourth-order valence-corrected chi connectivity index (χ4v) is 3.62. The predicted molar refractivity (Wildman–Crippen MR) is 108 cm³/mol. The predicted octanol–water partition coefficient (Wildman–Crippen LogP) is 2.39. The summed E-state index contributed by atoms with van der Waals surface area (Å²) in [7, 11) is 1.83. The van der Waals surface area contributed by atoms with E-state index in [4.69, 9.17) is 9.47 Å². The van der Waals surface area contributed by atoms with Crippen LogP contribution in [0.1, 0.15) is 57.8 Å². The fourth-order valence-electron chi connectivity index (χ4n) is 3.62. The zero-order valence-corrected chi connectivity index (χ0v) is 16.8. The zero-order chi connectivity index (χ0) is 18.3. The molecule has 0 spiro atoms. The molecule has 2 saturated heterocycles. The molecule has 2 rings (SSSR count). The van der Waals surface area contributed by atoms with E-state index in [0.717, 1.165) is 51.7 Å². The Labute approximate surface area is 160 Å². The van der Waals surface area contributed by atoms with Gasteiger partial charge < -0.3 is 25.0 Å². The highest BCUT2D eigenvalue weighted by Gasteiger charge is 2.14. The Morgan fingerprint density at radius 2 is 1.85 bits per heavy atom. The second-order valence-electron chi connectivity index (χ2n) is 7.45. The Balaban J connectivity index is 1.36. The Morgan fingerprint density at radius 1 is 1.04 bits per heavy atom. The van der Waals surface area contributed by atoms with E-state index in [0.29, 0.717) is 6.10 Å². The number of unbranched alkanes of at least 4 members (excludes halogenated alkanes) is 2. The molecule has 6 nitrogen and oxygen atoms in total. The van der Waals surface area contributed by atoms with Crippen LogP contribution >= 0.6 is 0 Å². The Kier molecular flexibility index (Phi) is 11.7. The molecule has 2 aliphatic rings. The molecule has 0 aromatic carbocycles. The van der Waals surface area contributed by atoms with E-state index in [1.165, 1.54) is 64.6 Å². The van der Waals surface area contributed by atoms with Crippen molar-refractivity contribution in [2.24, 2.45) is 4.99 Å². The number of guanidine groups is 1. The summed E-state index contributed by atoms with van der Waals surface area (Å²) < 4.78 is 11.2. The largest absolute Gasteiger partial charge is 0.379 e. The smallest absolute Gasteiger partial charge is 0.190 e. The minimum atomic E-state index is 0.326. The summed E-state index contributed by atoms with van der Waals surface area (Å²) in [5.41, 5.74) is 0. The summed E-state index contributed by atoms with van der Waals surface area (Å²) in [6.07, 6.45) is 11.7. The van der Waals surface area contributed by atoms with Gasteiger partial charge in [-0.3, -0.25) is 4.99 Å². The molecule has 2 aliphatic heterocycles. The van der Waals surface area contributed by atoms with E-state index in [2.05, 4.69) is 20.5 Å². The molecule has 2 N–H and O–H groups in total. The van der Waals surface area contributed by atoms with Crippen molar-refractivity contribution in [1.82, 2.24) is 15.5 Å². The van der Waals surface area contributed by atoms with Crippen molar-refractivity contribution >= 4 is 5.96 Å². The molecule has 6 heteroatoms. The number of ether oxygens (including phenoxy) is 2. The number of hydrogen-bond acceptors (Lipinski definition) is 4. The molecule has 0 bridgehead atoms. The topological polar surface area (TPSA) is 58.1 Å². The number of rotatable bonds is 12. The van der Waals surface area contributed by atoms with Gasteiger partial charge in [-0.25, -0.2) is 0 Å². The molecule has 0 saturated carbocycles. The summed E-state index contributed by atoms with van der Waals surface area (Å²) in [6.45, 7) is 8.20. The first-order chi connectivity index (χ1) is 12.9. The van der Waals surface area contributed by atoms with Gasteiger partial charge in [-0.2, -0.15) is 0 Å². The van der Waals surface area contributed by atoms with Gasteiger partial charge in [-0.1, -0.05) is 12.8 Å². The van der Waals surface area contributed by atoms with Crippen LogP contribution in [0.5, 0.6) is 0 Å². The van der Waals surface area contributed by atoms with Gasteiger partial charge in [0.2, 0.25) is 0 Å². The van der Waals surface area contributed by atoms with Crippen molar-refractivity contribution in [2.45, 2.75) is 63.9 Å². The first kappa shape index (κ1) is 21.5. The van der Waals surface area contributed by atoms with Crippen LogP contribution in [0.2, 0.25) is 0 Å².